The summed E-state index contributed by atoms with van der Waals surface area (Å²) in [5.41, 5.74) is 1.38. The predicted molar refractivity (Wildman–Crippen MR) is 78.7 cm³/mol. The van der Waals surface area contributed by atoms with Gasteiger partial charge in [-0.15, -0.1) is 0 Å². The number of rotatable bonds is 5. The van der Waals surface area contributed by atoms with Gasteiger partial charge in [-0.2, -0.15) is 0 Å². The summed E-state index contributed by atoms with van der Waals surface area (Å²) in [7, 11) is 0. The van der Waals surface area contributed by atoms with E-state index in [9.17, 15) is 4.79 Å². The Bertz CT molecular complexity index is 509. The molecule has 0 atom stereocenters. The van der Waals surface area contributed by atoms with Crippen LogP contribution in [0.25, 0.3) is 6.08 Å². The highest BCUT2D eigenvalue weighted by molar-refractivity contribution is 7.80. The zero-order chi connectivity index (χ0) is 13.7. The Morgan fingerprint density at radius 3 is 2.58 bits per heavy atom. The van der Waals surface area contributed by atoms with E-state index in [2.05, 4.69) is 17.6 Å². The maximum atomic E-state index is 11.5. The van der Waals surface area contributed by atoms with Crippen molar-refractivity contribution in [2.24, 2.45) is 0 Å². The van der Waals surface area contributed by atoms with Gasteiger partial charge in [0.25, 0.3) is 5.91 Å². The van der Waals surface area contributed by atoms with Gasteiger partial charge in [0.15, 0.2) is 5.11 Å². The monoisotopic (exact) mass is 276 g/mol. The Balaban J connectivity index is 2.00. The molecule has 1 saturated heterocycles. The second-order valence-corrected chi connectivity index (χ2v) is 4.65. The van der Waals surface area contributed by atoms with E-state index in [0.29, 0.717) is 10.8 Å². The number of nitrogens with one attached hydrogen (secondary N) is 2. The Kier molecular flexibility index (Phi) is 4.52. The minimum absolute atomic E-state index is 0.201. The normalized spacial score (nSPS) is 16.4. The van der Waals surface area contributed by atoms with Crippen molar-refractivity contribution < 1.29 is 9.53 Å². The molecule has 0 spiro atoms. The van der Waals surface area contributed by atoms with Gasteiger partial charge in [0, 0.05) is 0 Å². The molecule has 1 aromatic carbocycles. The molecule has 1 aliphatic heterocycles. The molecule has 5 heteroatoms. The number of carbonyl (C=O) groups is 1. The van der Waals surface area contributed by atoms with Gasteiger partial charge < -0.3 is 10.1 Å². The first-order chi connectivity index (χ1) is 9.19. The number of amides is 1. The molecule has 2 rings (SSSR count). The van der Waals surface area contributed by atoms with Crippen molar-refractivity contribution in [1.82, 2.24) is 10.6 Å². The van der Waals surface area contributed by atoms with E-state index >= 15 is 0 Å². The number of hydrogen-bond acceptors (Lipinski definition) is 3. The number of benzene rings is 1. The minimum atomic E-state index is -0.201. The Hall–Kier alpha value is -1.88. The van der Waals surface area contributed by atoms with Gasteiger partial charge in [0.05, 0.1) is 6.61 Å². The summed E-state index contributed by atoms with van der Waals surface area (Å²) in [6.07, 6.45) is 3.92. The molecule has 0 saturated carbocycles. The molecule has 1 amide bonds. The van der Waals surface area contributed by atoms with Crippen molar-refractivity contribution in [2.75, 3.05) is 6.61 Å². The Morgan fingerprint density at radius 2 is 2.00 bits per heavy atom. The first kappa shape index (κ1) is 13.5. The largest absolute Gasteiger partial charge is 0.494 e. The lowest BCUT2D eigenvalue weighted by Crippen LogP contribution is -2.21. The summed E-state index contributed by atoms with van der Waals surface area (Å²) in [5.74, 6) is 0.642. The zero-order valence-corrected chi connectivity index (χ0v) is 11.5. The fourth-order valence-corrected chi connectivity index (χ4v) is 1.85. The van der Waals surface area contributed by atoms with Crippen LogP contribution in [-0.2, 0) is 4.79 Å². The molecule has 0 aromatic heterocycles. The highest BCUT2D eigenvalue weighted by Crippen LogP contribution is 2.15. The summed E-state index contributed by atoms with van der Waals surface area (Å²) in [5, 5.41) is 5.67. The van der Waals surface area contributed by atoms with Crippen molar-refractivity contribution in [3.8, 4) is 5.75 Å². The van der Waals surface area contributed by atoms with Crippen molar-refractivity contribution in [3.63, 3.8) is 0 Å². The predicted octanol–water partition coefficient (Wildman–Crippen LogP) is 2.21. The topological polar surface area (TPSA) is 50.4 Å². The molecule has 100 valence electrons. The quantitative estimate of drug-likeness (QED) is 0.492. The van der Waals surface area contributed by atoms with Crippen LogP contribution in [0.2, 0.25) is 0 Å². The van der Waals surface area contributed by atoms with Crippen LogP contribution in [0.5, 0.6) is 5.75 Å². The second-order valence-electron chi connectivity index (χ2n) is 4.24. The number of ether oxygens (including phenoxy) is 1. The van der Waals surface area contributed by atoms with Crippen molar-refractivity contribution >= 4 is 29.3 Å². The highest BCUT2D eigenvalue weighted by atomic mass is 32.1. The lowest BCUT2D eigenvalue weighted by atomic mass is 10.2. The number of unbranched alkanes of at least 4 members (excludes halogenated alkanes) is 1. The minimum Gasteiger partial charge on any atom is -0.494 e. The smallest absolute Gasteiger partial charge is 0.273 e. The average Bonchev–Trinajstić information content (AvgIpc) is 2.70. The zero-order valence-electron chi connectivity index (χ0n) is 10.7. The van der Waals surface area contributed by atoms with E-state index in [1.54, 1.807) is 6.08 Å². The molecule has 19 heavy (non-hydrogen) atoms. The third kappa shape index (κ3) is 3.79. The van der Waals surface area contributed by atoms with Crippen molar-refractivity contribution in [1.29, 1.82) is 0 Å². The van der Waals surface area contributed by atoms with E-state index in [1.165, 1.54) is 0 Å². The van der Waals surface area contributed by atoms with Crippen LogP contribution in [-0.4, -0.2) is 17.6 Å². The fourth-order valence-electron chi connectivity index (χ4n) is 1.64. The molecule has 0 unspecified atom stereocenters. The van der Waals surface area contributed by atoms with E-state index in [0.717, 1.165) is 30.8 Å². The molecule has 1 fully saturated rings. The van der Waals surface area contributed by atoms with Crippen LogP contribution in [0.3, 0.4) is 0 Å². The maximum absolute atomic E-state index is 11.5. The highest BCUT2D eigenvalue weighted by Gasteiger charge is 2.19. The van der Waals surface area contributed by atoms with Crippen LogP contribution in [0.15, 0.2) is 30.0 Å². The van der Waals surface area contributed by atoms with Gasteiger partial charge in [-0.1, -0.05) is 25.5 Å². The van der Waals surface area contributed by atoms with Gasteiger partial charge in [-0.25, -0.2) is 0 Å². The summed E-state index contributed by atoms with van der Waals surface area (Å²) >= 11 is 4.87. The van der Waals surface area contributed by atoms with Gasteiger partial charge in [-0.05, 0) is 42.4 Å². The summed E-state index contributed by atoms with van der Waals surface area (Å²) < 4.78 is 5.57. The molecular weight excluding hydrogens is 260 g/mol. The lowest BCUT2D eigenvalue weighted by Gasteiger charge is -2.05. The van der Waals surface area contributed by atoms with Gasteiger partial charge in [0.2, 0.25) is 0 Å². The molecule has 2 N–H and O–H groups in total. The molecule has 0 radical (unpaired) electrons. The van der Waals surface area contributed by atoms with Crippen molar-refractivity contribution in [3.05, 3.63) is 35.5 Å². The molecule has 1 heterocycles. The van der Waals surface area contributed by atoms with Crippen LogP contribution >= 0.6 is 12.2 Å². The van der Waals surface area contributed by atoms with E-state index < -0.39 is 0 Å². The molecule has 0 aliphatic carbocycles. The second kappa shape index (κ2) is 6.33. The SMILES string of the molecule is CCCCOc1ccc(C=C2NC(=S)NC2=O)cc1. The Labute approximate surface area is 117 Å². The summed E-state index contributed by atoms with van der Waals surface area (Å²) in [4.78, 5) is 11.5. The van der Waals surface area contributed by atoms with E-state index in [4.69, 9.17) is 17.0 Å². The molecule has 4 nitrogen and oxygen atoms in total. The van der Waals surface area contributed by atoms with Crippen LogP contribution in [0.4, 0.5) is 0 Å². The molecule has 1 aliphatic rings. The first-order valence-electron chi connectivity index (χ1n) is 6.26. The lowest BCUT2D eigenvalue weighted by molar-refractivity contribution is -0.115. The summed E-state index contributed by atoms with van der Waals surface area (Å²) in [6.45, 7) is 2.86. The van der Waals surface area contributed by atoms with Gasteiger partial charge in [-0.3, -0.25) is 10.1 Å². The number of hydrogen-bond donors (Lipinski definition) is 2. The fraction of sp³-hybridized carbons (Fsp3) is 0.286. The first-order valence-corrected chi connectivity index (χ1v) is 6.67. The molecular formula is C14H16N2O2S. The third-order valence-corrected chi connectivity index (χ3v) is 2.88. The van der Waals surface area contributed by atoms with Gasteiger partial charge in [0.1, 0.15) is 11.4 Å². The average molecular weight is 276 g/mol. The van der Waals surface area contributed by atoms with Crippen molar-refractivity contribution in [2.45, 2.75) is 19.8 Å². The van der Waals surface area contributed by atoms with Crippen LogP contribution < -0.4 is 15.4 Å². The number of thiocarbonyl (C=S) groups is 1. The summed E-state index contributed by atoms with van der Waals surface area (Å²) in [6, 6.07) is 7.61. The third-order valence-electron chi connectivity index (χ3n) is 2.68. The molecule has 0 bridgehead atoms. The van der Waals surface area contributed by atoms with E-state index in [-0.39, 0.29) is 5.91 Å². The Morgan fingerprint density at radius 1 is 1.26 bits per heavy atom. The maximum Gasteiger partial charge on any atom is 0.273 e. The van der Waals surface area contributed by atoms with Crippen LogP contribution in [0.1, 0.15) is 25.3 Å². The van der Waals surface area contributed by atoms with E-state index in [1.807, 2.05) is 24.3 Å². The number of carbonyl (C=O) groups excluding carboxylic acids is 1. The standard InChI is InChI=1S/C14H16N2O2S/c1-2-3-8-18-11-6-4-10(5-7-11)9-12-13(17)16-14(19)15-12/h4-7,9H,2-3,8H2,1H3,(H2,15,16,17,19). The van der Waals surface area contributed by atoms with Crippen LogP contribution in [0, 0.1) is 0 Å². The molecule has 1 aromatic rings. The van der Waals surface area contributed by atoms with Gasteiger partial charge >= 0.3 is 0 Å².